The van der Waals surface area contributed by atoms with E-state index in [1.54, 1.807) is 12.0 Å². The van der Waals surface area contributed by atoms with E-state index >= 15 is 0 Å². The molecule has 1 aliphatic heterocycles. The summed E-state index contributed by atoms with van der Waals surface area (Å²) in [5, 5.41) is 3.90. The zero-order valence-electron chi connectivity index (χ0n) is 15.1. The largest absolute Gasteiger partial charge is 0.433 e. The first-order valence-electron chi connectivity index (χ1n) is 8.59. The average Bonchev–Trinajstić information content (AvgIpc) is 2.98. The molecule has 2 aromatic rings. The third-order valence-corrected chi connectivity index (χ3v) is 4.36. The molecule has 1 saturated heterocycles. The van der Waals surface area contributed by atoms with Crippen molar-refractivity contribution < 1.29 is 22.4 Å². The van der Waals surface area contributed by atoms with Crippen LogP contribution in [0.25, 0.3) is 0 Å². The Morgan fingerprint density at radius 1 is 1.22 bits per heavy atom. The van der Waals surface area contributed by atoms with E-state index in [1.807, 2.05) is 6.92 Å². The van der Waals surface area contributed by atoms with Crippen molar-refractivity contribution in [3.63, 3.8) is 0 Å². The molecular formula is C16H21F3N6O2. The topological polar surface area (TPSA) is 80.4 Å². The molecule has 0 spiro atoms. The molecule has 3 heterocycles. The van der Waals surface area contributed by atoms with Gasteiger partial charge in [0.25, 0.3) is 0 Å². The zero-order valence-corrected chi connectivity index (χ0v) is 15.1. The molecule has 148 valence electrons. The van der Waals surface area contributed by atoms with Crippen LogP contribution in [0.5, 0.6) is 0 Å². The van der Waals surface area contributed by atoms with Crippen molar-refractivity contribution >= 4 is 5.95 Å². The monoisotopic (exact) mass is 386 g/mol. The summed E-state index contributed by atoms with van der Waals surface area (Å²) in [5.74, 6) is 1.07. The van der Waals surface area contributed by atoms with Crippen LogP contribution in [0.4, 0.5) is 19.1 Å². The molecule has 0 N–H and O–H groups in total. The molecule has 8 nitrogen and oxygen atoms in total. The summed E-state index contributed by atoms with van der Waals surface area (Å²) in [5.41, 5.74) is -0.931. The Morgan fingerprint density at radius 2 is 2.04 bits per heavy atom. The highest BCUT2D eigenvalue weighted by molar-refractivity contribution is 5.31. The van der Waals surface area contributed by atoms with Crippen LogP contribution in [0.15, 0.2) is 16.8 Å². The lowest BCUT2D eigenvalue weighted by atomic mass is 10.3. The Kier molecular flexibility index (Phi) is 5.90. The second kappa shape index (κ2) is 8.17. The minimum Gasteiger partial charge on any atom is -0.374 e. The van der Waals surface area contributed by atoms with Gasteiger partial charge in [-0.2, -0.15) is 18.2 Å². The first-order chi connectivity index (χ1) is 12.9. The van der Waals surface area contributed by atoms with Crippen molar-refractivity contribution in [1.29, 1.82) is 0 Å². The molecule has 2 aromatic heterocycles. The highest BCUT2D eigenvalue weighted by Gasteiger charge is 2.33. The van der Waals surface area contributed by atoms with Crippen molar-refractivity contribution in [3.8, 4) is 0 Å². The van der Waals surface area contributed by atoms with Crippen molar-refractivity contribution in [2.24, 2.45) is 0 Å². The highest BCUT2D eigenvalue weighted by atomic mass is 19.4. The first-order valence-corrected chi connectivity index (χ1v) is 8.59. The lowest BCUT2D eigenvalue weighted by molar-refractivity contribution is -0.141. The molecular weight excluding hydrogens is 365 g/mol. The van der Waals surface area contributed by atoms with E-state index in [4.69, 9.17) is 9.26 Å². The van der Waals surface area contributed by atoms with E-state index in [0.29, 0.717) is 37.9 Å². The van der Waals surface area contributed by atoms with Crippen LogP contribution in [-0.2, 0) is 17.5 Å². The Labute approximate surface area is 154 Å². The number of aromatic nitrogens is 4. The van der Waals surface area contributed by atoms with E-state index in [9.17, 15) is 13.2 Å². The maximum absolute atomic E-state index is 12.9. The predicted molar refractivity (Wildman–Crippen MR) is 88.9 cm³/mol. The van der Waals surface area contributed by atoms with Crippen LogP contribution in [-0.4, -0.2) is 58.3 Å². The fourth-order valence-corrected chi connectivity index (χ4v) is 2.78. The van der Waals surface area contributed by atoms with Crippen molar-refractivity contribution in [2.75, 3.05) is 38.2 Å². The van der Waals surface area contributed by atoms with Gasteiger partial charge in [0.1, 0.15) is 11.8 Å². The molecule has 1 fully saturated rings. The molecule has 0 saturated carbocycles. The molecule has 1 atom stereocenters. The maximum atomic E-state index is 12.9. The highest BCUT2D eigenvalue weighted by Crippen LogP contribution is 2.28. The molecule has 0 aromatic carbocycles. The SMILES string of the molecule is COC(C)c1noc(CN2CCCN(c3nccc(C(F)(F)F)n3)CC2)n1. The minimum atomic E-state index is -4.48. The smallest absolute Gasteiger partial charge is 0.374 e. The number of nitrogens with zero attached hydrogens (tertiary/aromatic N) is 6. The average molecular weight is 386 g/mol. The number of methoxy groups -OCH3 is 1. The number of ether oxygens (including phenoxy) is 1. The molecule has 0 bridgehead atoms. The van der Waals surface area contributed by atoms with Gasteiger partial charge < -0.3 is 14.2 Å². The molecule has 11 heteroatoms. The van der Waals surface area contributed by atoms with Gasteiger partial charge in [0.2, 0.25) is 11.8 Å². The molecule has 0 amide bonds. The van der Waals surface area contributed by atoms with E-state index in [0.717, 1.165) is 25.2 Å². The van der Waals surface area contributed by atoms with Crippen LogP contribution in [0, 0.1) is 0 Å². The lowest BCUT2D eigenvalue weighted by Gasteiger charge is -2.21. The van der Waals surface area contributed by atoms with Crippen molar-refractivity contribution in [2.45, 2.75) is 32.2 Å². The molecule has 0 radical (unpaired) electrons. The van der Waals surface area contributed by atoms with Gasteiger partial charge in [-0.05, 0) is 19.4 Å². The van der Waals surface area contributed by atoms with Gasteiger partial charge in [-0.15, -0.1) is 0 Å². The molecule has 27 heavy (non-hydrogen) atoms. The van der Waals surface area contributed by atoms with Crippen molar-refractivity contribution in [1.82, 2.24) is 25.0 Å². The molecule has 0 aliphatic carbocycles. The quantitative estimate of drug-likeness (QED) is 0.774. The zero-order chi connectivity index (χ0) is 19.4. The molecule has 1 aliphatic rings. The number of hydrogen-bond acceptors (Lipinski definition) is 8. The Hall–Kier alpha value is -2.27. The number of hydrogen-bond donors (Lipinski definition) is 0. The van der Waals surface area contributed by atoms with E-state index < -0.39 is 11.9 Å². The van der Waals surface area contributed by atoms with Gasteiger partial charge in [0.15, 0.2) is 5.82 Å². The number of halogens is 3. The Morgan fingerprint density at radius 3 is 2.78 bits per heavy atom. The van der Waals surface area contributed by atoms with Gasteiger partial charge in [-0.1, -0.05) is 5.16 Å². The summed E-state index contributed by atoms with van der Waals surface area (Å²) < 4.78 is 49.0. The van der Waals surface area contributed by atoms with Gasteiger partial charge in [-0.25, -0.2) is 9.97 Å². The summed E-state index contributed by atoms with van der Waals surface area (Å²) in [7, 11) is 1.57. The van der Waals surface area contributed by atoms with Crippen LogP contribution >= 0.6 is 0 Å². The summed E-state index contributed by atoms with van der Waals surface area (Å²) in [6.45, 7) is 4.77. The fraction of sp³-hybridized carbons (Fsp3) is 0.625. The van der Waals surface area contributed by atoms with E-state index in [2.05, 4.69) is 25.0 Å². The van der Waals surface area contributed by atoms with Crippen LogP contribution in [0.1, 0.15) is 36.9 Å². The second-order valence-electron chi connectivity index (χ2n) is 6.28. The summed E-state index contributed by atoms with van der Waals surface area (Å²) in [6, 6.07) is 0.877. The van der Waals surface area contributed by atoms with Gasteiger partial charge in [-0.3, -0.25) is 4.90 Å². The van der Waals surface area contributed by atoms with Gasteiger partial charge >= 0.3 is 6.18 Å². The molecule has 1 unspecified atom stereocenters. The summed E-state index contributed by atoms with van der Waals surface area (Å²) in [4.78, 5) is 15.9. The van der Waals surface area contributed by atoms with Crippen molar-refractivity contribution in [3.05, 3.63) is 29.7 Å². The fourth-order valence-electron chi connectivity index (χ4n) is 2.78. The normalized spacial score (nSPS) is 17.7. The van der Waals surface area contributed by atoms with Gasteiger partial charge in [0.05, 0.1) is 6.54 Å². The Balaban J connectivity index is 1.61. The van der Waals surface area contributed by atoms with E-state index in [-0.39, 0.29) is 12.1 Å². The second-order valence-corrected chi connectivity index (χ2v) is 6.28. The molecule has 3 rings (SSSR count). The summed E-state index contributed by atoms with van der Waals surface area (Å²) in [6.07, 6.45) is -2.83. The van der Waals surface area contributed by atoms with Crippen LogP contribution in [0.2, 0.25) is 0 Å². The summed E-state index contributed by atoms with van der Waals surface area (Å²) >= 11 is 0. The van der Waals surface area contributed by atoms with Crippen LogP contribution < -0.4 is 4.90 Å². The number of rotatable bonds is 5. The number of anilines is 1. The van der Waals surface area contributed by atoms with Gasteiger partial charge in [0, 0.05) is 39.5 Å². The minimum absolute atomic E-state index is 0.0978. The maximum Gasteiger partial charge on any atom is 0.433 e. The lowest BCUT2D eigenvalue weighted by Crippen LogP contribution is -2.32. The van der Waals surface area contributed by atoms with E-state index in [1.165, 1.54) is 0 Å². The third kappa shape index (κ3) is 4.92. The van der Waals surface area contributed by atoms with Crippen LogP contribution in [0.3, 0.4) is 0 Å². The first kappa shape index (κ1) is 19.5. The number of alkyl halides is 3. The Bertz CT molecular complexity index is 754. The standard InChI is InChI=1S/C16H21F3N6O2/c1-11(26-2)14-22-13(27-23-14)10-24-6-3-7-25(9-8-24)15-20-5-4-12(21-15)16(17,18)19/h4-5,11H,3,6-10H2,1-2H3. The predicted octanol–water partition coefficient (Wildman–Crippen LogP) is 2.30. The third-order valence-electron chi connectivity index (χ3n) is 4.36.